The van der Waals surface area contributed by atoms with Gasteiger partial charge in [-0.3, -0.25) is 9.59 Å². The number of aliphatic carboxylic acids is 1. The second kappa shape index (κ2) is 5.96. The summed E-state index contributed by atoms with van der Waals surface area (Å²) in [5, 5.41) is 17.1. The maximum absolute atomic E-state index is 13.6. The van der Waals surface area contributed by atoms with Crippen LogP contribution in [0.2, 0.25) is 0 Å². The van der Waals surface area contributed by atoms with Crippen LogP contribution in [0.5, 0.6) is 0 Å². The second-order valence-electron chi connectivity index (χ2n) is 6.69. The molecule has 1 aliphatic heterocycles. The van der Waals surface area contributed by atoms with Crippen molar-refractivity contribution >= 4 is 11.9 Å². The topological polar surface area (TPSA) is 91.1 Å². The molecular formula is C16H14F5N3O3. The minimum Gasteiger partial charge on any atom is -0.481 e. The fourth-order valence-corrected chi connectivity index (χ4v) is 2.93. The minimum atomic E-state index is -4.69. The third-order valence-electron chi connectivity index (χ3n) is 4.86. The molecule has 11 heteroatoms. The number of carboxylic acid groups (broad SMARTS) is 1. The lowest BCUT2D eigenvalue weighted by atomic mass is 9.98. The van der Waals surface area contributed by atoms with Gasteiger partial charge in [-0.25, -0.2) is 8.78 Å². The number of halogens is 5. The summed E-state index contributed by atoms with van der Waals surface area (Å²) in [4.78, 5) is 22.7. The number of rotatable bonds is 7. The Labute approximate surface area is 149 Å². The van der Waals surface area contributed by atoms with Crippen molar-refractivity contribution in [1.29, 1.82) is 0 Å². The highest BCUT2D eigenvalue weighted by molar-refractivity contribution is 5.94. The number of alkyl halides is 5. The van der Waals surface area contributed by atoms with E-state index in [9.17, 15) is 31.5 Å². The molecule has 146 valence electrons. The summed E-state index contributed by atoms with van der Waals surface area (Å²) in [6, 6.07) is 4.34. The van der Waals surface area contributed by atoms with Gasteiger partial charge in [-0.2, -0.15) is 13.2 Å². The zero-order valence-corrected chi connectivity index (χ0v) is 13.7. The van der Waals surface area contributed by atoms with Gasteiger partial charge in [-0.1, -0.05) is 12.1 Å². The summed E-state index contributed by atoms with van der Waals surface area (Å²) in [5.74, 6) is -5.02. The van der Waals surface area contributed by atoms with Crippen molar-refractivity contribution in [2.75, 3.05) is 6.54 Å². The van der Waals surface area contributed by atoms with Gasteiger partial charge in [0, 0.05) is 30.5 Å². The van der Waals surface area contributed by atoms with Crippen LogP contribution in [0.4, 0.5) is 22.0 Å². The maximum atomic E-state index is 13.6. The van der Waals surface area contributed by atoms with Crippen molar-refractivity contribution in [3.05, 3.63) is 35.4 Å². The van der Waals surface area contributed by atoms with Crippen LogP contribution in [0.25, 0.3) is 0 Å². The lowest BCUT2D eigenvalue weighted by Crippen LogP contribution is -2.33. The average Bonchev–Trinajstić information content (AvgIpc) is 3.46. The Bertz CT molecular complexity index is 801. The van der Waals surface area contributed by atoms with E-state index < -0.39 is 54.4 Å². The lowest BCUT2D eigenvalue weighted by Gasteiger charge is -2.17. The van der Waals surface area contributed by atoms with Crippen LogP contribution in [0.3, 0.4) is 0 Å². The predicted molar refractivity (Wildman–Crippen MR) is 80.2 cm³/mol. The number of hydrogen-bond donors (Lipinski definition) is 2. The molecule has 0 bridgehead atoms. The maximum Gasteiger partial charge on any atom is 0.442 e. The van der Waals surface area contributed by atoms with Crippen molar-refractivity contribution in [2.24, 2.45) is 15.6 Å². The molecule has 1 aromatic rings. The van der Waals surface area contributed by atoms with Gasteiger partial charge in [0.1, 0.15) is 0 Å². The Morgan fingerprint density at radius 2 is 1.70 bits per heavy atom. The molecule has 0 radical (unpaired) electrons. The Balaban J connectivity index is 1.63. The minimum absolute atomic E-state index is 0.0194. The number of nitrogens with zero attached hydrogens (tertiary/aromatic N) is 2. The van der Waals surface area contributed by atoms with Gasteiger partial charge in [-0.05, 0) is 18.6 Å². The molecule has 1 aliphatic carbocycles. The van der Waals surface area contributed by atoms with Gasteiger partial charge >= 0.3 is 17.8 Å². The van der Waals surface area contributed by atoms with Gasteiger partial charge in [0.25, 0.3) is 11.8 Å². The van der Waals surface area contributed by atoms with Gasteiger partial charge in [0.05, 0.1) is 5.41 Å². The van der Waals surface area contributed by atoms with Crippen LogP contribution < -0.4 is 5.32 Å². The summed E-state index contributed by atoms with van der Waals surface area (Å²) >= 11 is 0. The molecule has 0 spiro atoms. The summed E-state index contributed by atoms with van der Waals surface area (Å²) in [7, 11) is 0. The van der Waals surface area contributed by atoms with Crippen molar-refractivity contribution in [3.8, 4) is 0 Å². The van der Waals surface area contributed by atoms with Crippen LogP contribution >= 0.6 is 0 Å². The number of carbonyl (C=O) groups is 2. The third kappa shape index (κ3) is 3.37. The van der Waals surface area contributed by atoms with E-state index in [1.807, 2.05) is 0 Å². The van der Waals surface area contributed by atoms with E-state index in [1.54, 1.807) is 0 Å². The molecule has 1 atom stereocenters. The SMILES string of the molecule is O=C(O)CCC1(CNC(=O)c2ccc(C3(C(F)(F)F)N=N3)cc2)CC1(F)F. The monoisotopic (exact) mass is 391 g/mol. The lowest BCUT2D eigenvalue weighted by molar-refractivity contribution is -0.166. The molecule has 0 saturated heterocycles. The summed E-state index contributed by atoms with van der Waals surface area (Å²) in [6.07, 6.45) is -5.95. The van der Waals surface area contributed by atoms with E-state index in [2.05, 4.69) is 15.5 Å². The fraction of sp³-hybridized carbons (Fsp3) is 0.500. The molecule has 1 aromatic carbocycles. The van der Waals surface area contributed by atoms with Crippen molar-refractivity contribution in [1.82, 2.24) is 5.32 Å². The summed E-state index contributed by atoms with van der Waals surface area (Å²) < 4.78 is 65.9. The van der Waals surface area contributed by atoms with Gasteiger partial charge in [0.15, 0.2) is 0 Å². The molecule has 3 rings (SSSR count). The molecule has 1 amide bonds. The normalized spacial score (nSPS) is 24.3. The second-order valence-corrected chi connectivity index (χ2v) is 6.69. The number of carbonyl (C=O) groups excluding carboxylic acids is 1. The molecule has 1 saturated carbocycles. The molecule has 1 fully saturated rings. The van der Waals surface area contributed by atoms with E-state index in [1.165, 1.54) is 0 Å². The highest BCUT2D eigenvalue weighted by atomic mass is 19.4. The Morgan fingerprint density at radius 3 is 2.11 bits per heavy atom. The summed E-state index contributed by atoms with van der Waals surface area (Å²) in [6.45, 7) is -0.426. The van der Waals surface area contributed by atoms with E-state index in [4.69, 9.17) is 5.11 Å². The standard InChI is InChI=1S/C16H14F5N3O3/c17-14(18)7-13(14,6-5-11(25)26)8-22-12(27)9-1-3-10(4-2-9)15(23-24-15)16(19,20)21/h1-4H,5-8H2,(H,22,27)(H,25,26). The van der Waals surface area contributed by atoms with Crippen molar-refractivity contribution < 1.29 is 36.6 Å². The molecule has 2 aliphatic rings. The first-order valence-corrected chi connectivity index (χ1v) is 7.92. The quantitative estimate of drug-likeness (QED) is 0.697. The number of nitrogens with one attached hydrogen (secondary N) is 1. The van der Waals surface area contributed by atoms with Crippen molar-refractivity contribution in [2.45, 2.75) is 37.0 Å². The zero-order chi connectivity index (χ0) is 20.1. The van der Waals surface area contributed by atoms with E-state index in [0.29, 0.717) is 0 Å². The van der Waals surface area contributed by atoms with Crippen LogP contribution in [-0.2, 0) is 10.5 Å². The number of carboxylic acids is 1. The number of benzene rings is 1. The van der Waals surface area contributed by atoms with Gasteiger partial charge in [0.2, 0.25) is 0 Å². The highest BCUT2D eigenvalue weighted by Crippen LogP contribution is 2.62. The van der Waals surface area contributed by atoms with Gasteiger partial charge in [-0.15, -0.1) is 10.2 Å². The fourth-order valence-electron chi connectivity index (χ4n) is 2.93. The van der Waals surface area contributed by atoms with Crippen molar-refractivity contribution in [3.63, 3.8) is 0 Å². The first-order valence-electron chi connectivity index (χ1n) is 7.92. The van der Waals surface area contributed by atoms with E-state index in [-0.39, 0.29) is 17.5 Å². The number of amides is 1. The van der Waals surface area contributed by atoms with Crippen LogP contribution in [0, 0.1) is 5.41 Å². The van der Waals surface area contributed by atoms with Crippen LogP contribution in [-0.4, -0.2) is 35.6 Å². The van der Waals surface area contributed by atoms with Crippen LogP contribution in [0.15, 0.2) is 34.5 Å². The largest absolute Gasteiger partial charge is 0.481 e. The Morgan fingerprint density at radius 1 is 1.15 bits per heavy atom. The molecule has 6 nitrogen and oxygen atoms in total. The first-order chi connectivity index (χ1) is 12.4. The molecule has 1 heterocycles. The van der Waals surface area contributed by atoms with E-state index in [0.717, 1.165) is 24.3 Å². The van der Waals surface area contributed by atoms with Gasteiger partial charge < -0.3 is 10.4 Å². The van der Waals surface area contributed by atoms with Crippen LogP contribution in [0.1, 0.15) is 35.2 Å². The smallest absolute Gasteiger partial charge is 0.442 e. The molecule has 27 heavy (non-hydrogen) atoms. The average molecular weight is 391 g/mol. The Kier molecular flexibility index (Phi) is 4.23. The Hall–Kier alpha value is -2.59. The number of hydrogen-bond acceptors (Lipinski definition) is 4. The molecule has 1 unspecified atom stereocenters. The summed E-state index contributed by atoms with van der Waals surface area (Å²) in [5.41, 5.74) is -4.47. The predicted octanol–water partition coefficient (Wildman–Crippen LogP) is 3.49. The molecular weight excluding hydrogens is 377 g/mol. The van der Waals surface area contributed by atoms with E-state index >= 15 is 0 Å². The third-order valence-corrected chi connectivity index (χ3v) is 4.86. The molecule has 0 aromatic heterocycles. The highest BCUT2D eigenvalue weighted by Gasteiger charge is 2.70. The zero-order valence-electron chi connectivity index (χ0n) is 13.7. The first kappa shape index (κ1) is 19.2. The molecule has 2 N–H and O–H groups in total.